The van der Waals surface area contributed by atoms with E-state index >= 15 is 0 Å². The second-order valence-electron chi connectivity index (χ2n) is 4.18. The molecule has 1 unspecified atom stereocenters. The van der Waals surface area contributed by atoms with Crippen LogP contribution in [-0.4, -0.2) is 35.2 Å². The number of urea groups is 1. The summed E-state index contributed by atoms with van der Waals surface area (Å²) in [6.07, 6.45) is 4.52. The Morgan fingerprint density at radius 1 is 1.45 bits per heavy atom. The largest absolute Gasteiger partial charge is 0.478 e. The number of rotatable bonds is 6. The van der Waals surface area contributed by atoms with E-state index in [9.17, 15) is 9.59 Å². The van der Waals surface area contributed by atoms with Crippen molar-refractivity contribution in [2.45, 2.75) is 12.2 Å². The first-order valence-electron chi connectivity index (χ1n) is 6.10. The van der Waals surface area contributed by atoms with Crippen LogP contribution in [0.1, 0.15) is 12.5 Å². The number of carbonyl (C=O) groups excluding carboxylic acids is 1. The summed E-state index contributed by atoms with van der Waals surface area (Å²) in [5.74, 6) is -1.01. The van der Waals surface area contributed by atoms with E-state index in [2.05, 4.69) is 10.6 Å². The van der Waals surface area contributed by atoms with Crippen molar-refractivity contribution in [2.75, 3.05) is 18.1 Å². The van der Waals surface area contributed by atoms with Crippen LogP contribution in [0.15, 0.2) is 30.3 Å². The minimum Gasteiger partial charge on any atom is -0.478 e. The van der Waals surface area contributed by atoms with Crippen LogP contribution in [0.5, 0.6) is 0 Å². The molecule has 3 N–H and O–H groups in total. The number of thioether (sulfide) groups is 1. The zero-order valence-corrected chi connectivity index (χ0v) is 12.2. The second-order valence-corrected chi connectivity index (χ2v) is 5.45. The van der Waals surface area contributed by atoms with Crippen LogP contribution in [0.25, 0.3) is 6.08 Å². The van der Waals surface area contributed by atoms with Gasteiger partial charge in [-0.15, -0.1) is 0 Å². The number of nitrogens with one attached hydrogen (secondary N) is 2. The molecule has 2 amide bonds. The topological polar surface area (TPSA) is 78.4 Å². The predicted octanol–water partition coefficient (Wildman–Crippen LogP) is 2.66. The highest BCUT2D eigenvalue weighted by molar-refractivity contribution is 7.99. The van der Waals surface area contributed by atoms with Crippen LogP contribution in [-0.2, 0) is 4.79 Å². The minimum absolute atomic E-state index is 0.273. The SMILES string of the molecule is CSC(C)CNC(=O)Nc1cccc(/C=C/C(=O)O)c1. The van der Waals surface area contributed by atoms with Crippen molar-refractivity contribution in [3.63, 3.8) is 0 Å². The molecule has 1 atom stereocenters. The summed E-state index contributed by atoms with van der Waals surface area (Å²) in [4.78, 5) is 22.1. The van der Waals surface area contributed by atoms with E-state index in [1.54, 1.807) is 36.0 Å². The molecular weight excluding hydrogens is 276 g/mol. The van der Waals surface area contributed by atoms with Crippen LogP contribution in [0.4, 0.5) is 10.5 Å². The van der Waals surface area contributed by atoms with Gasteiger partial charge in [0.1, 0.15) is 0 Å². The van der Waals surface area contributed by atoms with Crippen molar-refractivity contribution in [1.82, 2.24) is 5.32 Å². The Morgan fingerprint density at radius 3 is 2.85 bits per heavy atom. The van der Waals surface area contributed by atoms with Gasteiger partial charge in [-0.25, -0.2) is 9.59 Å². The molecule has 20 heavy (non-hydrogen) atoms. The summed E-state index contributed by atoms with van der Waals surface area (Å²) >= 11 is 1.68. The van der Waals surface area contributed by atoms with E-state index in [4.69, 9.17) is 5.11 Å². The molecule has 0 aliphatic rings. The zero-order valence-electron chi connectivity index (χ0n) is 11.4. The first-order valence-corrected chi connectivity index (χ1v) is 7.38. The van der Waals surface area contributed by atoms with E-state index in [-0.39, 0.29) is 6.03 Å². The van der Waals surface area contributed by atoms with Crippen LogP contribution in [0, 0.1) is 0 Å². The van der Waals surface area contributed by atoms with Gasteiger partial charge in [0.15, 0.2) is 0 Å². The Hall–Kier alpha value is -1.95. The summed E-state index contributed by atoms with van der Waals surface area (Å²) in [5.41, 5.74) is 1.33. The van der Waals surface area contributed by atoms with Gasteiger partial charge < -0.3 is 15.7 Å². The molecular formula is C14H18N2O3S. The van der Waals surface area contributed by atoms with Gasteiger partial charge in [0.25, 0.3) is 0 Å². The van der Waals surface area contributed by atoms with Gasteiger partial charge in [-0.3, -0.25) is 0 Å². The number of carboxylic acids is 1. The summed E-state index contributed by atoms with van der Waals surface area (Å²) in [6, 6.07) is 6.69. The number of anilines is 1. The van der Waals surface area contributed by atoms with Crippen molar-refractivity contribution in [1.29, 1.82) is 0 Å². The molecule has 0 aromatic heterocycles. The fourth-order valence-electron chi connectivity index (χ4n) is 1.38. The number of amides is 2. The van der Waals surface area contributed by atoms with Crippen molar-refractivity contribution in [2.24, 2.45) is 0 Å². The van der Waals surface area contributed by atoms with Gasteiger partial charge in [0.2, 0.25) is 0 Å². The standard InChI is InChI=1S/C14H18N2O3S/c1-10(20-2)9-15-14(19)16-12-5-3-4-11(8-12)6-7-13(17)18/h3-8,10H,9H2,1-2H3,(H,17,18)(H2,15,16,19)/b7-6+. The molecule has 0 fully saturated rings. The van der Waals surface area contributed by atoms with Crippen LogP contribution in [0.3, 0.4) is 0 Å². The predicted molar refractivity (Wildman–Crippen MR) is 83.1 cm³/mol. The fourth-order valence-corrected chi connectivity index (χ4v) is 1.63. The molecule has 0 saturated carbocycles. The Kier molecular flexibility index (Phi) is 6.66. The lowest BCUT2D eigenvalue weighted by atomic mass is 10.2. The average Bonchev–Trinajstić information content (AvgIpc) is 2.43. The maximum Gasteiger partial charge on any atom is 0.328 e. The van der Waals surface area contributed by atoms with Crippen LogP contribution >= 0.6 is 11.8 Å². The molecule has 0 saturated heterocycles. The average molecular weight is 294 g/mol. The second kappa shape index (κ2) is 8.27. The number of carboxylic acid groups (broad SMARTS) is 1. The van der Waals surface area contributed by atoms with E-state index in [1.807, 2.05) is 13.2 Å². The van der Waals surface area contributed by atoms with Gasteiger partial charge in [-0.1, -0.05) is 19.1 Å². The molecule has 0 spiro atoms. The normalized spacial score (nSPS) is 12.1. The molecule has 5 nitrogen and oxygen atoms in total. The Balaban J connectivity index is 2.57. The lowest BCUT2D eigenvalue weighted by molar-refractivity contribution is -0.131. The van der Waals surface area contributed by atoms with Gasteiger partial charge in [-0.2, -0.15) is 11.8 Å². The lowest BCUT2D eigenvalue weighted by Crippen LogP contribution is -2.33. The van der Waals surface area contributed by atoms with Crippen molar-refractivity contribution in [3.05, 3.63) is 35.9 Å². The molecule has 0 aliphatic carbocycles. The zero-order chi connectivity index (χ0) is 15.0. The molecule has 1 rings (SSSR count). The Morgan fingerprint density at radius 2 is 2.20 bits per heavy atom. The summed E-state index contributed by atoms with van der Waals surface area (Å²) < 4.78 is 0. The Bertz CT molecular complexity index is 503. The van der Waals surface area contributed by atoms with Crippen molar-refractivity contribution in [3.8, 4) is 0 Å². The third-order valence-electron chi connectivity index (χ3n) is 2.52. The number of hydrogen-bond acceptors (Lipinski definition) is 3. The number of aliphatic carboxylic acids is 1. The van der Waals surface area contributed by atoms with Crippen molar-refractivity contribution < 1.29 is 14.7 Å². The third-order valence-corrected chi connectivity index (χ3v) is 3.49. The van der Waals surface area contributed by atoms with Crippen LogP contribution < -0.4 is 10.6 Å². The first-order chi connectivity index (χ1) is 9.51. The number of benzene rings is 1. The maximum absolute atomic E-state index is 11.7. The quantitative estimate of drug-likeness (QED) is 0.705. The third kappa shape index (κ3) is 6.29. The summed E-state index contributed by atoms with van der Waals surface area (Å²) in [6.45, 7) is 2.62. The van der Waals surface area contributed by atoms with Crippen molar-refractivity contribution >= 4 is 35.5 Å². The Labute approximate surface area is 122 Å². The smallest absolute Gasteiger partial charge is 0.328 e. The van der Waals surface area contributed by atoms with E-state index in [0.717, 1.165) is 6.08 Å². The molecule has 0 bridgehead atoms. The van der Waals surface area contributed by atoms with Gasteiger partial charge >= 0.3 is 12.0 Å². The van der Waals surface area contributed by atoms with Gasteiger partial charge in [-0.05, 0) is 30.0 Å². The molecule has 1 aromatic rings. The lowest BCUT2D eigenvalue weighted by Gasteiger charge is -2.11. The molecule has 108 valence electrons. The molecule has 1 aromatic carbocycles. The molecule has 6 heteroatoms. The number of hydrogen-bond donors (Lipinski definition) is 3. The number of carbonyl (C=O) groups is 2. The summed E-state index contributed by atoms with van der Waals surface area (Å²) in [7, 11) is 0. The van der Waals surface area contributed by atoms with E-state index < -0.39 is 5.97 Å². The van der Waals surface area contributed by atoms with Gasteiger partial charge in [0.05, 0.1) is 0 Å². The molecule has 0 radical (unpaired) electrons. The van der Waals surface area contributed by atoms with Crippen LogP contribution in [0.2, 0.25) is 0 Å². The van der Waals surface area contributed by atoms with E-state index in [0.29, 0.717) is 23.0 Å². The highest BCUT2D eigenvalue weighted by Gasteiger charge is 2.04. The van der Waals surface area contributed by atoms with E-state index in [1.165, 1.54) is 6.08 Å². The first kappa shape index (κ1) is 16.1. The maximum atomic E-state index is 11.7. The summed E-state index contributed by atoms with van der Waals surface area (Å²) in [5, 5.41) is 14.4. The van der Waals surface area contributed by atoms with Gasteiger partial charge in [0, 0.05) is 23.6 Å². The highest BCUT2D eigenvalue weighted by atomic mass is 32.2. The highest BCUT2D eigenvalue weighted by Crippen LogP contribution is 2.12. The minimum atomic E-state index is -1.01. The fraction of sp³-hybridized carbons (Fsp3) is 0.286. The molecule has 0 heterocycles. The molecule has 0 aliphatic heterocycles. The monoisotopic (exact) mass is 294 g/mol.